The van der Waals surface area contributed by atoms with Gasteiger partial charge in [-0.05, 0) is 38.8 Å². The molecule has 0 amide bonds. The van der Waals surface area contributed by atoms with E-state index in [0.717, 1.165) is 24.9 Å². The lowest BCUT2D eigenvalue weighted by Crippen LogP contribution is -2.47. The molecule has 6 nitrogen and oxygen atoms in total. The normalized spacial score (nSPS) is 21.5. The molecule has 0 saturated carbocycles. The first-order chi connectivity index (χ1) is 10.3. The van der Waals surface area contributed by atoms with Crippen LogP contribution in [0.5, 0.6) is 5.88 Å². The number of aromatic nitrogens is 2. The van der Waals surface area contributed by atoms with Crippen LogP contribution in [0.1, 0.15) is 32.1 Å². The second kappa shape index (κ2) is 6.47. The summed E-state index contributed by atoms with van der Waals surface area (Å²) in [5.74, 6) is 1.29. The molecule has 1 aromatic heterocycles. The lowest BCUT2D eigenvalue weighted by Gasteiger charge is -2.40. The quantitative estimate of drug-likeness (QED) is 0.911. The highest BCUT2D eigenvalue weighted by molar-refractivity contribution is 5.67. The van der Waals surface area contributed by atoms with Crippen molar-refractivity contribution in [2.75, 3.05) is 43.9 Å². The molecule has 6 heteroatoms. The molecule has 2 fully saturated rings. The molecule has 21 heavy (non-hydrogen) atoms. The maximum atomic E-state index is 6.10. The fourth-order valence-corrected chi connectivity index (χ4v) is 3.51. The Kier molecular flexibility index (Phi) is 4.43. The van der Waals surface area contributed by atoms with Gasteiger partial charge in [-0.25, -0.2) is 4.98 Å². The second-order valence-electron chi connectivity index (χ2n) is 5.94. The monoisotopic (exact) mass is 291 g/mol. The molecular formula is C15H25N5O. The van der Waals surface area contributed by atoms with Gasteiger partial charge in [0.1, 0.15) is 12.0 Å². The Morgan fingerprint density at radius 1 is 1.10 bits per heavy atom. The highest BCUT2D eigenvalue weighted by atomic mass is 16.5. The van der Waals surface area contributed by atoms with Gasteiger partial charge in [-0.3, -0.25) is 0 Å². The molecule has 0 aromatic carbocycles. The number of ether oxygens (including phenoxy) is 1. The van der Waals surface area contributed by atoms with Gasteiger partial charge in [0.15, 0.2) is 5.82 Å². The first kappa shape index (κ1) is 14.4. The van der Waals surface area contributed by atoms with Gasteiger partial charge in [-0.1, -0.05) is 6.42 Å². The van der Waals surface area contributed by atoms with Crippen molar-refractivity contribution >= 4 is 11.5 Å². The molecule has 3 heterocycles. The van der Waals surface area contributed by atoms with Crippen LogP contribution in [0.4, 0.5) is 11.5 Å². The lowest BCUT2D eigenvalue weighted by molar-refractivity contribution is 0.141. The third-order valence-electron chi connectivity index (χ3n) is 4.69. The minimum Gasteiger partial charge on any atom is -0.479 e. The van der Waals surface area contributed by atoms with E-state index in [1.54, 1.807) is 7.11 Å². The summed E-state index contributed by atoms with van der Waals surface area (Å²) < 4.78 is 5.18. The molecule has 116 valence electrons. The van der Waals surface area contributed by atoms with Crippen LogP contribution >= 0.6 is 0 Å². The first-order valence-corrected chi connectivity index (χ1v) is 7.93. The maximum Gasteiger partial charge on any atom is 0.242 e. The van der Waals surface area contributed by atoms with Crippen molar-refractivity contribution in [1.82, 2.24) is 14.9 Å². The van der Waals surface area contributed by atoms with Crippen LogP contribution in [0.15, 0.2) is 6.33 Å². The summed E-state index contributed by atoms with van der Waals surface area (Å²) in [5.41, 5.74) is 6.65. The molecule has 0 atom stereocenters. The number of hydrogen-bond donors (Lipinski definition) is 1. The van der Waals surface area contributed by atoms with Gasteiger partial charge in [0, 0.05) is 19.1 Å². The van der Waals surface area contributed by atoms with Crippen LogP contribution in [-0.4, -0.2) is 54.2 Å². The highest BCUT2D eigenvalue weighted by Gasteiger charge is 2.27. The Hall–Kier alpha value is -1.56. The van der Waals surface area contributed by atoms with Gasteiger partial charge < -0.3 is 20.3 Å². The fraction of sp³-hybridized carbons (Fsp3) is 0.733. The molecule has 2 aliphatic rings. The molecule has 3 rings (SSSR count). The van der Waals surface area contributed by atoms with Gasteiger partial charge in [0.05, 0.1) is 7.11 Å². The van der Waals surface area contributed by atoms with Crippen LogP contribution in [0.2, 0.25) is 0 Å². The van der Waals surface area contributed by atoms with Crippen LogP contribution in [0.25, 0.3) is 0 Å². The molecule has 1 aromatic rings. The van der Waals surface area contributed by atoms with E-state index in [2.05, 4.69) is 19.8 Å². The number of anilines is 2. The summed E-state index contributed by atoms with van der Waals surface area (Å²) in [4.78, 5) is 13.3. The molecule has 0 aliphatic carbocycles. The van der Waals surface area contributed by atoms with E-state index >= 15 is 0 Å². The third kappa shape index (κ3) is 3.05. The van der Waals surface area contributed by atoms with Crippen LogP contribution in [-0.2, 0) is 0 Å². The highest BCUT2D eigenvalue weighted by Crippen LogP contribution is 2.30. The maximum absolute atomic E-state index is 6.10. The molecule has 0 unspecified atom stereocenters. The first-order valence-electron chi connectivity index (χ1n) is 7.93. The van der Waals surface area contributed by atoms with Gasteiger partial charge in [0.2, 0.25) is 5.88 Å². The zero-order chi connectivity index (χ0) is 14.7. The minimum absolute atomic E-state index is 0.471. The Labute approximate surface area is 126 Å². The van der Waals surface area contributed by atoms with Gasteiger partial charge in [-0.15, -0.1) is 0 Å². The predicted molar refractivity (Wildman–Crippen MR) is 83.7 cm³/mol. The van der Waals surface area contributed by atoms with E-state index in [4.69, 9.17) is 10.5 Å². The average Bonchev–Trinajstić information content (AvgIpc) is 2.56. The zero-order valence-corrected chi connectivity index (χ0v) is 12.8. The van der Waals surface area contributed by atoms with Gasteiger partial charge in [0.25, 0.3) is 0 Å². The van der Waals surface area contributed by atoms with Crippen molar-refractivity contribution in [3.8, 4) is 5.88 Å². The van der Waals surface area contributed by atoms with E-state index in [0.29, 0.717) is 11.6 Å². The number of likely N-dealkylation sites (tertiary alicyclic amines) is 1. The molecular weight excluding hydrogens is 266 g/mol. The average molecular weight is 291 g/mol. The lowest BCUT2D eigenvalue weighted by atomic mass is 10.00. The number of nitrogen functional groups attached to an aromatic ring is 1. The summed E-state index contributed by atoms with van der Waals surface area (Å²) in [6, 6.07) is 0.728. The zero-order valence-electron chi connectivity index (χ0n) is 12.8. The number of methoxy groups -OCH3 is 1. The third-order valence-corrected chi connectivity index (χ3v) is 4.69. The van der Waals surface area contributed by atoms with Crippen molar-refractivity contribution in [2.24, 2.45) is 0 Å². The summed E-state index contributed by atoms with van der Waals surface area (Å²) in [7, 11) is 1.59. The SMILES string of the molecule is COc1ncnc(N2CCC(N3CCCCC3)CC2)c1N. The smallest absolute Gasteiger partial charge is 0.242 e. The van der Waals surface area contributed by atoms with Crippen molar-refractivity contribution in [3.05, 3.63) is 6.33 Å². The Morgan fingerprint density at radius 2 is 1.81 bits per heavy atom. The van der Waals surface area contributed by atoms with Gasteiger partial charge in [-0.2, -0.15) is 4.98 Å². The topological polar surface area (TPSA) is 67.5 Å². The number of rotatable bonds is 3. The standard InChI is InChI=1S/C15H25N5O/c1-21-15-13(16)14(17-11-18-15)20-9-5-12(6-10-20)19-7-3-2-4-8-19/h11-12H,2-10,16H2,1H3. The van der Waals surface area contributed by atoms with E-state index in [1.165, 1.54) is 51.5 Å². The van der Waals surface area contributed by atoms with E-state index in [9.17, 15) is 0 Å². The number of piperidine rings is 2. The fourth-order valence-electron chi connectivity index (χ4n) is 3.51. The molecule has 0 spiro atoms. The van der Waals surface area contributed by atoms with Crippen molar-refractivity contribution in [3.63, 3.8) is 0 Å². The minimum atomic E-state index is 0.471. The molecule has 2 saturated heterocycles. The van der Waals surface area contributed by atoms with Crippen molar-refractivity contribution < 1.29 is 4.74 Å². The Morgan fingerprint density at radius 3 is 2.48 bits per heavy atom. The predicted octanol–water partition coefficient (Wildman–Crippen LogP) is 1.52. The second-order valence-corrected chi connectivity index (χ2v) is 5.94. The van der Waals surface area contributed by atoms with E-state index in [-0.39, 0.29) is 0 Å². The Balaban J connectivity index is 1.63. The van der Waals surface area contributed by atoms with Crippen molar-refractivity contribution in [1.29, 1.82) is 0 Å². The summed E-state index contributed by atoms with van der Waals surface area (Å²) in [6.45, 7) is 4.55. The number of nitrogens with zero attached hydrogens (tertiary/aromatic N) is 4. The molecule has 0 bridgehead atoms. The summed E-state index contributed by atoms with van der Waals surface area (Å²) in [5, 5.41) is 0. The molecule has 2 aliphatic heterocycles. The summed E-state index contributed by atoms with van der Waals surface area (Å²) in [6.07, 6.45) is 8.01. The molecule has 0 radical (unpaired) electrons. The molecule has 2 N–H and O–H groups in total. The number of nitrogens with two attached hydrogens (primary N) is 1. The largest absolute Gasteiger partial charge is 0.479 e. The Bertz CT molecular complexity index is 467. The number of hydrogen-bond acceptors (Lipinski definition) is 6. The van der Waals surface area contributed by atoms with Crippen LogP contribution in [0.3, 0.4) is 0 Å². The van der Waals surface area contributed by atoms with Gasteiger partial charge >= 0.3 is 0 Å². The summed E-state index contributed by atoms with van der Waals surface area (Å²) >= 11 is 0. The van der Waals surface area contributed by atoms with Crippen molar-refractivity contribution in [2.45, 2.75) is 38.1 Å². The van der Waals surface area contributed by atoms with E-state index in [1.807, 2.05) is 0 Å². The van der Waals surface area contributed by atoms with Crippen LogP contribution < -0.4 is 15.4 Å². The van der Waals surface area contributed by atoms with Crippen LogP contribution in [0, 0.1) is 0 Å². The van der Waals surface area contributed by atoms with E-state index < -0.39 is 0 Å².